The van der Waals surface area contributed by atoms with Crippen LogP contribution in [0.1, 0.15) is 38.8 Å². The van der Waals surface area contributed by atoms with E-state index in [1.807, 2.05) is 27.7 Å². The molecular formula is C30H34O6S. The van der Waals surface area contributed by atoms with E-state index in [2.05, 4.69) is 0 Å². The van der Waals surface area contributed by atoms with E-state index in [-0.39, 0.29) is 23.7 Å². The maximum absolute atomic E-state index is 13.6. The second-order valence-corrected chi connectivity index (χ2v) is 12.2. The Morgan fingerprint density at radius 3 is 1.27 bits per heavy atom. The van der Waals surface area contributed by atoms with E-state index in [0.29, 0.717) is 11.1 Å². The second kappa shape index (κ2) is 10.3. The van der Waals surface area contributed by atoms with Gasteiger partial charge in [0.1, 0.15) is 22.7 Å². The molecule has 0 heterocycles. The van der Waals surface area contributed by atoms with E-state index in [1.165, 1.54) is 0 Å². The van der Waals surface area contributed by atoms with Crippen molar-refractivity contribution in [3.63, 3.8) is 0 Å². The van der Waals surface area contributed by atoms with Crippen molar-refractivity contribution in [2.75, 3.05) is 0 Å². The van der Waals surface area contributed by atoms with Gasteiger partial charge in [-0.3, -0.25) is 0 Å². The molecule has 0 unspecified atom stereocenters. The lowest BCUT2D eigenvalue weighted by molar-refractivity contribution is -0.0213. The highest BCUT2D eigenvalue weighted by molar-refractivity contribution is 7.93. The molecule has 0 spiro atoms. The fourth-order valence-electron chi connectivity index (χ4n) is 4.84. The van der Waals surface area contributed by atoms with E-state index in [0.717, 1.165) is 0 Å². The number of para-hydroxylation sites is 2. The number of phenols is 2. The summed E-state index contributed by atoms with van der Waals surface area (Å²) in [5, 5.41) is 19.2. The number of aromatic hydroxyl groups is 2. The van der Waals surface area contributed by atoms with Crippen molar-refractivity contribution in [1.82, 2.24) is 0 Å². The van der Waals surface area contributed by atoms with Crippen LogP contribution in [0.5, 0.6) is 11.5 Å². The molecule has 0 saturated carbocycles. The van der Waals surface area contributed by atoms with Gasteiger partial charge in [0, 0.05) is 11.1 Å². The molecule has 0 bridgehead atoms. The molecule has 196 valence electrons. The maximum Gasteiger partial charge on any atom is 0.170 e. The standard InChI is InChI=1S/C30H34O6S/c1-21(2)35-29(25-9-5-7-11-27(25)31)17-13-23(14-18-29)37(33,34)24-15-19-30(20-16-24,36-22(3)4)26-10-6-8-12-28(26)32/h5-24,31-32H,1-4H3. The molecule has 0 aliphatic heterocycles. The maximum atomic E-state index is 13.6. The highest BCUT2D eigenvalue weighted by atomic mass is 32.2. The minimum atomic E-state index is -3.71. The summed E-state index contributed by atoms with van der Waals surface area (Å²) in [6, 6.07) is 13.8. The molecule has 2 aromatic carbocycles. The molecule has 7 heteroatoms. The van der Waals surface area contributed by atoms with Crippen molar-refractivity contribution in [1.29, 1.82) is 0 Å². The molecule has 2 aliphatic carbocycles. The van der Waals surface area contributed by atoms with E-state index in [4.69, 9.17) is 9.47 Å². The number of ether oxygens (including phenoxy) is 2. The number of hydrogen-bond donors (Lipinski definition) is 2. The van der Waals surface area contributed by atoms with Crippen LogP contribution in [0.3, 0.4) is 0 Å². The van der Waals surface area contributed by atoms with Gasteiger partial charge in [0.2, 0.25) is 0 Å². The predicted molar refractivity (Wildman–Crippen MR) is 145 cm³/mol. The number of phenolic OH excluding ortho intramolecular Hbond substituents is 2. The zero-order valence-electron chi connectivity index (χ0n) is 21.5. The van der Waals surface area contributed by atoms with Crippen molar-refractivity contribution in [3.05, 3.63) is 108 Å². The highest BCUT2D eigenvalue weighted by Gasteiger charge is 2.40. The van der Waals surface area contributed by atoms with Crippen molar-refractivity contribution in [2.45, 2.75) is 61.6 Å². The molecule has 0 aromatic heterocycles. The zero-order valence-corrected chi connectivity index (χ0v) is 22.3. The third kappa shape index (κ3) is 5.30. The Morgan fingerprint density at radius 1 is 0.649 bits per heavy atom. The molecule has 6 nitrogen and oxygen atoms in total. The average Bonchev–Trinajstić information content (AvgIpc) is 2.84. The predicted octanol–water partition coefficient (Wildman–Crippen LogP) is 5.44. The van der Waals surface area contributed by atoms with Crippen LogP contribution in [0, 0.1) is 0 Å². The van der Waals surface area contributed by atoms with Gasteiger partial charge in [-0.15, -0.1) is 0 Å². The van der Waals surface area contributed by atoms with Crippen molar-refractivity contribution in [3.8, 4) is 11.5 Å². The third-order valence-electron chi connectivity index (χ3n) is 6.40. The Kier molecular flexibility index (Phi) is 7.51. The summed E-state index contributed by atoms with van der Waals surface area (Å²) in [6.07, 6.45) is 12.9. The van der Waals surface area contributed by atoms with Crippen LogP contribution in [0.4, 0.5) is 0 Å². The summed E-state index contributed by atoms with van der Waals surface area (Å²) in [7, 11) is -3.71. The van der Waals surface area contributed by atoms with Crippen LogP contribution >= 0.6 is 0 Å². The summed E-state index contributed by atoms with van der Waals surface area (Å²) in [4.78, 5) is 0. The van der Waals surface area contributed by atoms with E-state index < -0.39 is 31.5 Å². The van der Waals surface area contributed by atoms with Gasteiger partial charge >= 0.3 is 0 Å². The van der Waals surface area contributed by atoms with Gasteiger partial charge in [0.15, 0.2) is 9.84 Å². The summed E-state index contributed by atoms with van der Waals surface area (Å²) in [5.74, 6) is 0.144. The van der Waals surface area contributed by atoms with E-state index in [1.54, 1.807) is 97.1 Å². The molecule has 0 radical (unpaired) electrons. The SMILES string of the molecule is CC(C)OC1(c2ccccc2O)C=CC(S(=O)(=O)C2C=CC(OC(C)C)(c3ccccc3O)C=C2)C=C1. The molecular weight excluding hydrogens is 488 g/mol. The summed E-state index contributed by atoms with van der Waals surface area (Å²) in [5.41, 5.74) is -1.06. The quantitative estimate of drug-likeness (QED) is 0.449. The van der Waals surface area contributed by atoms with E-state index >= 15 is 0 Å². The summed E-state index contributed by atoms with van der Waals surface area (Å²) >= 11 is 0. The monoisotopic (exact) mass is 522 g/mol. The van der Waals surface area contributed by atoms with Gasteiger partial charge in [-0.25, -0.2) is 8.42 Å². The van der Waals surface area contributed by atoms with Gasteiger partial charge in [-0.1, -0.05) is 60.7 Å². The van der Waals surface area contributed by atoms with Gasteiger partial charge < -0.3 is 19.7 Å². The number of benzene rings is 2. The smallest absolute Gasteiger partial charge is 0.170 e. The Bertz CT molecular complexity index is 1220. The van der Waals surface area contributed by atoms with Crippen LogP contribution < -0.4 is 0 Å². The van der Waals surface area contributed by atoms with Crippen molar-refractivity contribution < 1.29 is 28.1 Å². The Morgan fingerprint density at radius 2 is 0.973 bits per heavy atom. The first-order valence-corrected chi connectivity index (χ1v) is 14.0. The lowest BCUT2D eigenvalue weighted by Gasteiger charge is -2.35. The Hall–Kier alpha value is -3.13. The molecule has 0 fully saturated rings. The minimum Gasteiger partial charge on any atom is -0.508 e. The molecule has 2 aliphatic rings. The first-order valence-electron chi connectivity index (χ1n) is 12.4. The molecule has 2 N–H and O–H groups in total. The summed E-state index contributed by atoms with van der Waals surface area (Å²) in [6.45, 7) is 7.56. The first kappa shape index (κ1) is 26.9. The lowest BCUT2D eigenvalue weighted by atomic mass is 9.88. The van der Waals surface area contributed by atoms with Crippen LogP contribution in [0.25, 0.3) is 0 Å². The Labute approximate surface area is 219 Å². The summed E-state index contributed by atoms with van der Waals surface area (Å²) < 4.78 is 39.6. The minimum absolute atomic E-state index is 0.0718. The van der Waals surface area contributed by atoms with Crippen molar-refractivity contribution in [2.24, 2.45) is 0 Å². The molecule has 2 aromatic rings. The fraction of sp³-hybridized carbons (Fsp3) is 0.333. The van der Waals surface area contributed by atoms with E-state index in [9.17, 15) is 18.6 Å². The highest BCUT2D eigenvalue weighted by Crippen LogP contribution is 2.41. The van der Waals surface area contributed by atoms with Gasteiger partial charge in [0.05, 0.1) is 22.7 Å². The van der Waals surface area contributed by atoms with Gasteiger partial charge in [0.25, 0.3) is 0 Å². The fourth-order valence-corrected chi connectivity index (χ4v) is 6.39. The Balaban J connectivity index is 1.63. The molecule has 0 amide bonds. The first-order chi connectivity index (χ1) is 17.5. The number of hydrogen-bond acceptors (Lipinski definition) is 6. The molecule has 0 saturated heterocycles. The number of sulfone groups is 1. The molecule has 0 atom stereocenters. The van der Waals surface area contributed by atoms with Gasteiger partial charge in [-0.05, 0) is 64.1 Å². The van der Waals surface area contributed by atoms with Crippen molar-refractivity contribution >= 4 is 9.84 Å². The van der Waals surface area contributed by atoms with Crippen LogP contribution in [-0.2, 0) is 30.5 Å². The number of rotatable bonds is 8. The largest absolute Gasteiger partial charge is 0.508 e. The molecule has 4 rings (SSSR count). The van der Waals surface area contributed by atoms with Crippen LogP contribution in [-0.4, -0.2) is 41.3 Å². The lowest BCUT2D eigenvalue weighted by Crippen LogP contribution is -2.37. The van der Waals surface area contributed by atoms with Gasteiger partial charge in [-0.2, -0.15) is 0 Å². The van der Waals surface area contributed by atoms with Crippen LogP contribution in [0.2, 0.25) is 0 Å². The topological polar surface area (TPSA) is 93.1 Å². The third-order valence-corrected chi connectivity index (χ3v) is 8.55. The second-order valence-electron chi connectivity index (χ2n) is 9.91. The van der Waals surface area contributed by atoms with Crippen LogP contribution in [0.15, 0.2) is 97.1 Å². The zero-order chi connectivity index (χ0) is 26.8. The normalized spacial score (nSPS) is 27.3. The average molecular weight is 523 g/mol. The molecule has 37 heavy (non-hydrogen) atoms.